The zero-order valence-corrected chi connectivity index (χ0v) is 9.45. The van der Waals surface area contributed by atoms with Crippen molar-refractivity contribution in [1.29, 1.82) is 0 Å². The van der Waals surface area contributed by atoms with E-state index in [1.54, 1.807) is 11.5 Å². The Morgan fingerprint density at radius 3 is 3.00 bits per heavy atom. The number of hydrogen-bond acceptors (Lipinski definition) is 5. The molecule has 2 heterocycles. The van der Waals surface area contributed by atoms with Gasteiger partial charge in [0.05, 0.1) is 11.1 Å². The standard InChI is InChI=1S/C11H9N5O2/c1-6-2-3-7-5-8(11(17)13-18)10-12-14-15-16(10)9(7)4-6/h2-5,18H,1H3,(H,13,17). The molecule has 0 unspecified atom stereocenters. The Morgan fingerprint density at radius 2 is 2.22 bits per heavy atom. The second kappa shape index (κ2) is 3.74. The van der Waals surface area contributed by atoms with Crippen LogP contribution in [0.15, 0.2) is 24.3 Å². The normalized spacial score (nSPS) is 11.0. The summed E-state index contributed by atoms with van der Waals surface area (Å²) in [5.41, 5.74) is 4.00. The molecular weight excluding hydrogens is 234 g/mol. The van der Waals surface area contributed by atoms with Crippen molar-refractivity contribution in [2.24, 2.45) is 0 Å². The first kappa shape index (κ1) is 10.6. The van der Waals surface area contributed by atoms with Crippen LogP contribution in [0.25, 0.3) is 16.6 Å². The van der Waals surface area contributed by atoms with Crippen LogP contribution in [0, 0.1) is 6.92 Å². The van der Waals surface area contributed by atoms with Gasteiger partial charge in [0.1, 0.15) is 0 Å². The third-order valence-electron chi connectivity index (χ3n) is 2.77. The molecule has 0 saturated carbocycles. The summed E-state index contributed by atoms with van der Waals surface area (Å²) in [6.45, 7) is 1.96. The number of rotatable bonds is 1. The largest absolute Gasteiger partial charge is 0.288 e. The summed E-state index contributed by atoms with van der Waals surface area (Å²) < 4.78 is 1.48. The molecule has 0 atom stereocenters. The quantitative estimate of drug-likeness (QED) is 0.485. The molecule has 0 radical (unpaired) electrons. The number of fused-ring (bicyclic) bond motifs is 3. The van der Waals surface area contributed by atoms with Crippen molar-refractivity contribution in [3.05, 3.63) is 35.4 Å². The van der Waals surface area contributed by atoms with Crippen molar-refractivity contribution < 1.29 is 10.0 Å². The van der Waals surface area contributed by atoms with Gasteiger partial charge in [0, 0.05) is 5.39 Å². The lowest BCUT2D eigenvalue weighted by atomic mass is 10.1. The number of benzene rings is 1. The van der Waals surface area contributed by atoms with Crippen molar-refractivity contribution in [3.63, 3.8) is 0 Å². The zero-order chi connectivity index (χ0) is 12.7. The molecule has 7 nitrogen and oxygen atoms in total. The zero-order valence-electron chi connectivity index (χ0n) is 9.45. The molecule has 0 saturated heterocycles. The first-order valence-corrected chi connectivity index (χ1v) is 5.26. The van der Waals surface area contributed by atoms with Crippen molar-refractivity contribution in [2.75, 3.05) is 0 Å². The van der Waals surface area contributed by atoms with E-state index in [1.807, 2.05) is 25.1 Å². The molecule has 3 rings (SSSR count). The first-order chi connectivity index (χ1) is 8.70. The molecule has 1 amide bonds. The first-order valence-electron chi connectivity index (χ1n) is 5.26. The Balaban J connectivity index is 2.47. The number of tetrazole rings is 1. The summed E-state index contributed by atoms with van der Waals surface area (Å²) in [7, 11) is 0. The molecule has 7 heteroatoms. The van der Waals surface area contributed by atoms with E-state index < -0.39 is 5.91 Å². The van der Waals surface area contributed by atoms with Crippen LogP contribution in [0.5, 0.6) is 0 Å². The topological polar surface area (TPSA) is 92.4 Å². The van der Waals surface area contributed by atoms with Crippen LogP contribution in [0.4, 0.5) is 0 Å². The summed E-state index contributed by atoms with van der Waals surface area (Å²) in [6, 6.07) is 7.38. The number of amides is 1. The Hall–Kier alpha value is -2.54. The monoisotopic (exact) mass is 243 g/mol. The van der Waals surface area contributed by atoms with Crippen LogP contribution in [-0.4, -0.2) is 31.2 Å². The summed E-state index contributed by atoms with van der Waals surface area (Å²) in [5, 5.41) is 20.8. The van der Waals surface area contributed by atoms with E-state index in [2.05, 4.69) is 15.5 Å². The third-order valence-corrected chi connectivity index (χ3v) is 2.77. The average molecular weight is 243 g/mol. The smallest absolute Gasteiger partial charge is 0.278 e. The molecule has 1 aromatic carbocycles. The van der Waals surface area contributed by atoms with Gasteiger partial charge in [0.25, 0.3) is 5.91 Å². The van der Waals surface area contributed by atoms with Gasteiger partial charge < -0.3 is 0 Å². The predicted molar refractivity (Wildman–Crippen MR) is 62.3 cm³/mol. The van der Waals surface area contributed by atoms with E-state index in [1.165, 1.54) is 4.52 Å². The Bertz CT molecular complexity index is 765. The van der Waals surface area contributed by atoms with Gasteiger partial charge in [-0.15, -0.1) is 5.10 Å². The van der Waals surface area contributed by atoms with Gasteiger partial charge in [-0.25, -0.2) is 5.48 Å². The fraction of sp³-hybridized carbons (Fsp3) is 0.0909. The highest BCUT2D eigenvalue weighted by molar-refractivity contribution is 6.02. The SMILES string of the molecule is Cc1ccc2cc(C(=O)NO)c3nnnn3c2c1. The van der Waals surface area contributed by atoms with Crippen LogP contribution >= 0.6 is 0 Å². The number of nitrogens with zero attached hydrogens (tertiary/aromatic N) is 4. The summed E-state index contributed by atoms with van der Waals surface area (Å²) in [4.78, 5) is 11.6. The lowest BCUT2D eigenvalue weighted by Crippen LogP contribution is -2.19. The Labute approximate surface area is 101 Å². The van der Waals surface area contributed by atoms with Gasteiger partial charge in [-0.05, 0) is 35.0 Å². The molecule has 18 heavy (non-hydrogen) atoms. The minimum absolute atomic E-state index is 0.221. The van der Waals surface area contributed by atoms with Crippen LogP contribution < -0.4 is 5.48 Å². The fourth-order valence-electron chi connectivity index (χ4n) is 1.92. The maximum Gasteiger partial charge on any atom is 0.278 e. The van der Waals surface area contributed by atoms with Crippen molar-refractivity contribution >= 4 is 22.5 Å². The van der Waals surface area contributed by atoms with E-state index in [-0.39, 0.29) is 5.56 Å². The van der Waals surface area contributed by atoms with Crippen molar-refractivity contribution in [1.82, 2.24) is 25.5 Å². The van der Waals surface area contributed by atoms with Crippen LogP contribution in [0.1, 0.15) is 15.9 Å². The van der Waals surface area contributed by atoms with Gasteiger partial charge in [-0.3, -0.25) is 10.0 Å². The Morgan fingerprint density at radius 1 is 1.39 bits per heavy atom. The van der Waals surface area contributed by atoms with Crippen molar-refractivity contribution in [3.8, 4) is 0 Å². The molecular formula is C11H9N5O2. The highest BCUT2D eigenvalue weighted by Crippen LogP contribution is 2.20. The number of aryl methyl sites for hydroxylation is 1. The molecule has 0 fully saturated rings. The molecule has 0 bridgehead atoms. The van der Waals surface area contributed by atoms with Gasteiger partial charge in [-0.1, -0.05) is 12.1 Å². The van der Waals surface area contributed by atoms with E-state index in [9.17, 15) is 4.79 Å². The van der Waals surface area contributed by atoms with E-state index in [0.29, 0.717) is 5.65 Å². The van der Waals surface area contributed by atoms with E-state index in [0.717, 1.165) is 16.5 Å². The second-order valence-electron chi connectivity index (χ2n) is 3.98. The molecule has 90 valence electrons. The van der Waals surface area contributed by atoms with Gasteiger partial charge in [0.2, 0.25) is 0 Å². The van der Waals surface area contributed by atoms with Crippen molar-refractivity contribution in [2.45, 2.75) is 6.92 Å². The number of carbonyl (C=O) groups excluding carboxylic acids is 1. The molecule has 0 aliphatic carbocycles. The summed E-state index contributed by atoms with van der Waals surface area (Å²) in [5.74, 6) is -0.641. The van der Waals surface area contributed by atoms with Crippen LogP contribution in [-0.2, 0) is 0 Å². The number of hydroxylamine groups is 1. The molecule has 0 spiro atoms. The molecule has 0 aliphatic rings. The third kappa shape index (κ3) is 1.41. The van der Waals surface area contributed by atoms with E-state index in [4.69, 9.17) is 5.21 Å². The van der Waals surface area contributed by atoms with E-state index >= 15 is 0 Å². The van der Waals surface area contributed by atoms with Gasteiger partial charge >= 0.3 is 0 Å². The van der Waals surface area contributed by atoms with Crippen LogP contribution in [0.3, 0.4) is 0 Å². The minimum atomic E-state index is -0.641. The number of aromatic nitrogens is 4. The number of hydrogen-bond donors (Lipinski definition) is 2. The lowest BCUT2D eigenvalue weighted by Gasteiger charge is -2.05. The summed E-state index contributed by atoms with van der Waals surface area (Å²) in [6.07, 6.45) is 0. The molecule has 3 aromatic rings. The predicted octanol–water partition coefficient (Wildman–Crippen LogP) is 0.705. The molecule has 2 N–H and O–H groups in total. The lowest BCUT2D eigenvalue weighted by molar-refractivity contribution is 0.0707. The number of nitrogens with one attached hydrogen (secondary N) is 1. The minimum Gasteiger partial charge on any atom is -0.288 e. The second-order valence-corrected chi connectivity index (χ2v) is 3.98. The molecule has 2 aromatic heterocycles. The fourth-order valence-corrected chi connectivity index (χ4v) is 1.92. The van der Waals surface area contributed by atoms with Gasteiger partial charge in [-0.2, -0.15) is 4.52 Å². The maximum absolute atomic E-state index is 11.6. The number of carbonyl (C=O) groups is 1. The highest BCUT2D eigenvalue weighted by Gasteiger charge is 2.15. The Kier molecular flexibility index (Phi) is 2.20. The van der Waals surface area contributed by atoms with Crippen LogP contribution in [0.2, 0.25) is 0 Å². The average Bonchev–Trinajstić information content (AvgIpc) is 2.86. The highest BCUT2D eigenvalue weighted by atomic mass is 16.5. The summed E-state index contributed by atoms with van der Waals surface area (Å²) >= 11 is 0. The number of pyridine rings is 1. The maximum atomic E-state index is 11.6. The molecule has 0 aliphatic heterocycles. The van der Waals surface area contributed by atoms with Gasteiger partial charge in [0.15, 0.2) is 5.65 Å².